The summed E-state index contributed by atoms with van der Waals surface area (Å²) in [6.45, 7) is 8.80. The number of hydrogen-bond donors (Lipinski definition) is 0. The third-order valence-corrected chi connectivity index (χ3v) is 6.36. The minimum absolute atomic E-state index is 0.0153. The Balaban J connectivity index is 2.01. The maximum atomic E-state index is 11.6. The van der Waals surface area contributed by atoms with Crippen molar-refractivity contribution in [3.05, 3.63) is 41.8 Å². The summed E-state index contributed by atoms with van der Waals surface area (Å²) in [5, 5.41) is 1.99. The fourth-order valence-electron chi connectivity index (χ4n) is 3.53. The Kier molecular flexibility index (Phi) is 8.83. The van der Waals surface area contributed by atoms with E-state index >= 15 is 0 Å². The van der Waals surface area contributed by atoms with E-state index in [-0.39, 0.29) is 28.0 Å². The van der Waals surface area contributed by atoms with Gasteiger partial charge in [0, 0.05) is 29.0 Å². The molecule has 1 fully saturated rings. The van der Waals surface area contributed by atoms with Gasteiger partial charge in [0.05, 0.1) is 6.61 Å². The summed E-state index contributed by atoms with van der Waals surface area (Å²) in [6, 6.07) is 9.45. The minimum Gasteiger partial charge on any atom is -0.463 e. The predicted octanol–water partition coefficient (Wildman–Crippen LogP) is 5.76. The van der Waals surface area contributed by atoms with E-state index in [1.807, 2.05) is 35.7 Å². The van der Waals surface area contributed by atoms with E-state index in [1.54, 1.807) is 18.7 Å². The van der Waals surface area contributed by atoms with Crippen LogP contribution in [0.1, 0.15) is 47.0 Å². The molecule has 1 aromatic carbocycles. The second-order valence-corrected chi connectivity index (χ2v) is 9.52. The molecular formula is C22H30O4S2. The van der Waals surface area contributed by atoms with Gasteiger partial charge in [0.2, 0.25) is 0 Å². The highest BCUT2D eigenvalue weighted by Crippen LogP contribution is 2.44. The maximum Gasteiger partial charge on any atom is 0.358 e. The van der Waals surface area contributed by atoms with Gasteiger partial charge in [-0.05, 0) is 57.1 Å². The number of thiocarbonyl (C=S) groups is 1. The number of carbonyl (C=O) groups is 1. The van der Waals surface area contributed by atoms with Crippen LogP contribution in [0.15, 0.2) is 41.8 Å². The van der Waals surface area contributed by atoms with Gasteiger partial charge in [-0.25, -0.2) is 4.79 Å². The summed E-state index contributed by atoms with van der Waals surface area (Å²) < 4.78 is 16.6. The number of benzene rings is 1. The van der Waals surface area contributed by atoms with Crippen LogP contribution in [0.5, 0.6) is 5.75 Å². The number of rotatable bonds is 7. The standard InChI is InChI=1S/C22H30O4S2/c1-5-24-20(23)13-14-28-22(3,4)18-12-11-16(2)15-19(18)26-21(27)25-17-9-7-6-8-10-17/h6-10,13-14,16,18-19H,5,11-12,15H2,1-4H3/b14-13-/t16-,18-,19-/m1/s1. The molecule has 1 aliphatic rings. The first-order valence-electron chi connectivity index (χ1n) is 9.76. The fraction of sp³-hybridized carbons (Fsp3) is 0.545. The predicted molar refractivity (Wildman–Crippen MR) is 118 cm³/mol. The van der Waals surface area contributed by atoms with Crippen molar-refractivity contribution in [2.24, 2.45) is 11.8 Å². The first-order chi connectivity index (χ1) is 13.3. The monoisotopic (exact) mass is 422 g/mol. The van der Waals surface area contributed by atoms with Gasteiger partial charge < -0.3 is 14.2 Å². The van der Waals surface area contributed by atoms with Crippen LogP contribution in [0.2, 0.25) is 0 Å². The molecule has 2 rings (SSSR count). The van der Waals surface area contributed by atoms with Crippen LogP contribution in [-0.4, -0.2) is 28.7 Å². The van der Waals surface area contributed by atoms with Gasteiger partial charge in [-0.1, -0.05) is 31.5 Å². The Morgan fingerprint density at radius 1 is 1.29 bits per heavy atom. The van der Waals surface area contributed by atoms with Crippen molar-refractivity contribution in [2.45, 2.75) is 57.8 Å². The molecule has 0 spiro atoms. The second-order valence-electron chi connectivity index (χ2n) is 7.62. The quantitative estimate of drug-likeness (QED) is 0.316. The third kappa shape index (κ3) is 7.13. The van der Waals surface area contributed by atoms with Gasteiger partial charge in [0.1, 0.15) is 11.9 Å². The molecule has 0 amide bonds. The van der Waals surface area contributed by atoms with Crippen molar-refractivity contribution in [1.29, 1.82) is 0 Å². The highest BCUT2D eigenvalue weighted by atomic mass is 32.2. The molecule has 0 heterocycles. The molecule has 6 heteroatoms. The van der Waals surface area contributed by atoms with E-state index < -0.39 is 0 Å². The minimum atomic E-state index is -0.312. The molecule has 0 unspecified atom stereocenters. The Morgan fingerprint density at radius 3 is 2.68 bits per heavy atom. The Morgan fingerprint density at radius 2 is 2.00 bits per heavy atom. The zero-order valence-corrected chi connectivity index (χ0v) is 18.7. The highest BCUT2D eigenvalue weighted by molar-refractivity contribution is 8.03. The van der Waals surface area contributed by atoms with Crippen molar-refractivity contribution >= 4 is 35.2 Å². The topological polar surface area (TPSA) is 44.8 Å². The number of esters is 1. The first kappa shape index (κ1) is 22.8. The largest absolute Gasteiger partial charge is 0.463 e. The normalized spacial score (nSPS) is 22.6. The summed E-state index contributed by atoms with van der Waals surface area (Å²) in [6.07, 6.45) is 4.61. The SMILES string of the molecule is CCOC(=O)/C=C\SC(C)(C)[C@@H]1CC[C@@H](C)C[C@H]1OC(=S)Oc1ccccc1. The molecule has 0 radical (unpaired) electrons. The van der Waals surface area contributed by atoms with Gasteiger partial charge >= 0.3 is 11.2 Å². The second kappa shape index (κ2) is 10.9. The van der Waals surface area contributed by atoms with Gasteiger partial charge in [0.25, 0.3) is 0 Å². The van der Waals surface area contributed by atoms with Crippen LogP contribution in [0.25, 0.3) is 0 Å². The molecule has 1 saturated carbocycles. The summed E-state index contributed by atoms with van der Waals surface area (Å²) in [5.74, 6) is 1.24. The number of para-hydroxylation sites is 1. The van der Waals surface area contributed by atoms with Gasteiger partial charge in [0.15, 0.2) is 0 Å². The van der Waals surface area contributed by atoms with Crippen molar-refractivity contribution < 1.29 is 19.0 Å². The summed E-state index contributed by atoms with van der Waals surface area (Å²) in [4.78, 5) is 11.6. The van der Waals surface area contributed by atoms with Gasteiger partial charge in [-0.3, -0.25) is 0 Å². The van der Waals surface area contributed by atoms with E-state index in [1.165, 1.54) is 6.08 Å². The maximum absolute atomic E-state index is 11.6. The average Bonchev–Trinajstić information content (AvgIpc) is 2.62. The van der Waals surface area contributed by atoms with E-state index in [0.717, 1.165) is 19.3 Å². The number of ether oxygens (including phenoxy) is 3. The lowest BCUT2D eigenvalue weighted by molar-refractivity contribution is -0.137. The third-order valence-electron chi connectivity index (χ3n) is 5.00. The first-order valence-corrected chi connectivity index (χ1v) is 11.0. The molecule has 0 bridgehead atoms. The number of carbonyl (C=O) groups excluding carboxylic acids is 1. The zero-order chi connectivity index (χ0) is 20.6. The molecular weight excluding hydrogens is 392 g/mol. The van der Waals surface area contributed by atoms with E-state index in [9.17, 15) is 4.79 Å². The highest BCUT2D eigenvalue weighted by Gasteiger charge is 2.41. The average molecular weight is 423 g/mol. The van der Waals surface area contributed by atoms with Crippen molar-refractivity contribution in [3.8, 4) is 5.75 Å². The van der Waals surface area contributed by atoms with Crippen molar-refractivity contribution in [2.75, 3.05) is 6.61 Å². The Hall–Kier alpha value is -1.53. The molecule has 0 N–H and O–H groups in total. The molecule has 1 aliphatic carbocycles. The molecule has 1 aromatic rings. The lowest BCUT2D eigenvalue weighted by atomic mass is 9.75. The Labute approximate surface area is 178 Å². The fourth-order valence-corrected chi connectivity index (χ4v) is 4.72. The molecule has 28 heavy (non-hydrogen) atoms. The van der Waals surface area contributed by atoms with E-state index in [4.69, 9.17) is 26.4 Å². The van der Waals surface area contributed by atoms with Gasteiger partial charge in [-0.2, -0.15) is 0 Å². The molecule has 0 aromatic heterocycles. The summed E-state index contributed by atoms with van der Waals surface area (Å²) in [5.41, 5.74) is 0. The summed E-state index contributed by atoms with van der Waals surface area (Å²) >= 11 is 6.99. The summed E-state index contributed by atoms with van der Waals surface area (Å²) in [7, 11) is 0. The van der Waals surface area contributed by atoms with E-state index in [0.29, 0.717) is 18.3 Å². The lowest BCUT2D eigenvalue weighted by Crippen LogP contribution is -2.43. The van der Waals surface area contributed by atoms with Crippen LogP contribution in [0.3, 0.4) is 0 Å². The van der Waals surface area contributed by atoms with Crippen molar-refractivity contribution in [1.82, 2.24) is 0 Å². The molecule has 0 aliphatic heterocycles. The zero-order valence-electron chi connectivity index (χ0n) is 17.1. The molecule has 3 atom stereocenters. The smallest absolute Gasteiger partial charge is 0.358 e. The molecule has 0 saturated heterocycles. The Bertz CT molecular complexity index is 672. The number of thioether (sulfide) groups is 1. The van der Waals surface area contributed by atoms with Crippen LogP contribution in [0, 0.1) is 11.8 Å². The van der Waals surface area contributed by atoms with Crippen molar-refractivity contribution in [3.63, 3.8) is 0 Å². The lowest BCUT2D eigenvalue weighted by Gasteiger charge is -2.42. The molecule has 154 valence electrons. The van der Waals surface area contributed by atoms with E-state index in [2.05, 4.69) is 20.8 Å². The van der Waals surface area contributed by atoms with Crippen LogP contribution in [-0.2, 0) is 14.3 Å². The van der Waals surface area contributed by atoms with Crippen LogP contribution in [0.4, 0.5) is 0 Å². The molecule has 4 nitrogen and oxygen atoms in total. The van der Waals surface area contributed by atoms with Gasteiger partial charge in [-0.15, -0.1) is 11.8 Å². The van der Waals surface area contributed by atoms with Crippen LogP contribution >= 0.6 is 24.0 Å². The number of hydrogen-bond acceptors (Lipinski definition) is 6. The van der Waals surface area contributed by atoms with Crippen LogP contribution < -0.4 is 4.74 Å².